The van der Waals surface area contributed by atoms with Gasteiger partial charge in [-0.05, 0) is 55.8 Å². The maximum absolute atomic E-state index is 13.8. The van der Waals surface area contributed by atoms with Crippen LogP contribution in [0.15, 0.2) is 0 Å². The summed E-state index contributed by atoms with van der Waals surface area (Å²) in [6.45, 7) is 8.44. The normalized spacial score (nSPS) is 48.8. The summed E-state index contributed by atoms with van der Waals surface area (Å²) in [6.07, 6.45) is 4.93. The fourth-order valence-electron chi connectivity index (χ4n) is 7.32. The molecule has 4 nitrogen and oxygen atoms in total. The predicted molar refractivity (Wildman–Crippen MR) is 107 cm³/mol. The van der Waals surface area contributed by atoms with Gasteiger partial charge in [0.2, 0.25) is 0 Å². The van der Waals surface area contributed by atoms with Gasteiger partial charge in [-0.1, -0.05) is 27.7 Å². The van der Waals surface area contributed by atoms with Crippen molar-refractivity contribution in [1.29, 1.82) is 0 Å². The molecule has 0 heterocycles. The van der Waals surface area contributed by atoms with Crippen LogP contribution in [0.3, 0.4) is 0 Å². The number of carbonyl (C=O) groups excluding carboxylic acids is 1. The molecule has 162 valence electrons. The Balaban J connectivity index is 2.17. The lowest BCUT2D eigenvalue weighted by atomic mass is 9.44. The third kappa shape index (κ3) is 3.07. The average molecular weight is 399 g/mol. The summed E-state index contributed by atoms with van der Waals surface area (Å²) >= 11 is 0. The first-order valence-electron chi connectivity index (χ1n) is 10.9. The van der Waals surface area contributed by atoms with Gasteiger partial charge in [0.25, 0.3) is 0 Å². The number of halogens is 1. The molecule has 3 saturated carbocycles. The van der Waals surface area contributed by atoms with E-state index >= 15 is 0 Å². The SMILES string of the molecule is COCOC1C[C@@](C)(CCF)C(=O)[C@H](C)C23CCC(OC)C2[C@@]1(C)[C@H](C)CC3. The summed E-state index contributed by atoms with van der Waals surface area (Å²) in [5.74, 6) is 0.849. The Morgan fingerprint density at radius 3 is 2.43 bits per heavy atom. The molecule has 0 N–H and O–H groups in total. The summed E-state index contributed by atoms with van der Waals surface area (Å²) in [4.78, 5) is 13.8. The highest BCUT2D eigenvalue weighted by atomic mass is 19.1. The van der Waals surface area contributed by atoms with E-state index in [1.807, 2.05) is 6.92 Å². The lowest BCUT2D eigenvalue weighted by Crippen LogP contribution is -2.63. The van der Waals surface area contributed by atoms with E-state index in [2.05, 4.69) is 20.8 Å². The number of alkyl halides is 1. The second kappa shape index (κ2) is 7.96. The van der Waals surface area contributed by atoms with Gasteiger partial charge in [-0.25, -0.2) is 0 Å². The van der Waals surface area contributed by atoms with Crippen molar-refractivity contribution in [2.75, 3.05) is 27.7 Å². The second-order valence-electron chi connectivity index (χ2n) is 10.2. The molecule has 3 rings (SSSR count). The van der Waals surface area contributed by atoms with Gasteiger partial charge in [-0.15, -0.1) is 0 Å². The number of ether oxygens (including phenoxy) is 3. The highest BCUT2D eigenvalue weighted by Crippen LogP contribution is 2.68. The van der Waals surface area contributed by atoms with Crippen LogP contribution in [0.1, 0.15) is 66.2 Å². The maximum Gasteiger partial charge on any atom is 0.146 e. The lowest BCUT2D eigenvalue weighted by Gasteiger charge is -2.62. The molecule has 0 aromatic heterocycles. The summed E-state index contributed by atoms with van der Waals surface area (Å²) < 4.78 is 31.1. The predicted octanol–water partition coefficient (Wildman–Crippen LogP) is 4.80. The van der Waals surface area contributed by atoms with Gasteiger partial charge in [0, 0.05) is 31.0 Å². The minimum absolute atomic E-state index is 0.0777. The Bertz CT molecular complexity index is 583. The highest BCUT2D eigenvalue weighted by molar-refractivity contribution is 5.87. The van der Waals surface area contributed by atoms with E-state index in [0.717, 1.165) is 25.7 Å². The van der Waals surface area contributed by atoms with E-state index in [1.54, 1.807) is 14.2 Å². The molecule has 8 atom stereocenters. The van der Waals surface area contributed by atoms with Gasteiger partial charge in [0.15, 0.2) is 0 Å². The van der Waals surface area contributed by atoms with Gasteiger partial charge in [0.1, 0.15) is 12.6 Å². The van der Waals surface area contributed by atoms with E-state index in [9.17, 15) is 9.18 Å². The Hall–Kier alpha value is -0.520. The van der Waals surface area contributed by atoms with Gasteiger partial charge >= 0.3 is 0 Å². The summed E-state index contributed by atoms with van der Waals surface area (Å²) in [6, 6.07) is 0. The first-order valence-corrected chi connectivity index (χ1v) is 10.9. The van der Waals surface area contributed by atoms with Gasteiger partial charge in [-0.2, -0.15) is 0 Å². The summed E-state index contributed by atoms with van der Waals surface area (Å²) in [7, 11) is 3.43. The standard InChI is InChI=1S/C23H39FO4/c1-15-7-9-23-10-8-17(27-6)19(23)22(15,4)18(28-14-26-5)13-21(3,11-12-24)20(25)16(23)2/h15-19H,7-14H2,1-6H3/t15-,16+,17?,18?,19?,21-,22+,23?/m1/s1. The fraction of sp³-hybridized carbons (Fsp3) is 0.957. The van der Waals surface area contributed by atoms with Crippen molar-refractivity contribution in [3.63, 3.8) is 0 Å². The van der Waals surface area contributed by atoms with E-state index < -0.39 is 12.1 Å². The molecule has 0 aromatic rings. The number of rotatable bonds is 6. The van der Waals surface area contributed by atoms with E-state index in [-0.39, 0.29) is 53.9 Å². The van der Waals surface area contributed by atoms with Gasteiger partial charge in [0.05, 0.1) is 18.9 Å². The van der Waals surface area contributed by atoms with Crippen LogP contribution < -0.4 is 0 Å². The van der Waals surface area contributed by atoms with E-state index in [0.29, 0.717) is 12.3 Å². The summed E-state index contributed by atoms with van der Waals surface area (Å²) in [5, 5.41) is 0. The first-order chi connectivity index (χ1) is 13.2. The molecule has 3 aliphatic carbocycles. The van der Waals surface area contributed by atoms with Crippen molar-refractivity contribution >= 4 is 5.78 Å². The van der Waals surface area contributed by atoms with E-state index in [1.165, 1.54) is 0 Å². The molecular formula is C23H39FO4. The lowest BCUT2D eigenvalue weighted by molar-refractivity contribution is -0.220. The van der Waals surface area contributed by atoms with Crippen molar-refractivity contribution in [2.24, 2.45) is 34.0 Å². The number of hydrogen-bond donors (Lipinski definition) is 0. The van der Waals surface area contributed by atoms with Crippen LogP contribution >= 0.6 is 0 Å². The molecule has 0 spiro atoms. The molecule has 0 aliphatic heterocycles. The third-order valence-corrected chi connectivity index (χ3v) is 9.18. The quantitative estimate of drug-likeness (QED) is 0.603. The molecule has 5 heteroatoms. The van der Waals surface area contributed by atoms with Crippen LogP contribution in [0.4, 0.5) is 4.39 Å². The van der Waals surface area contributed by atoms with Crippen molar-refractivity contribution in [3.8, 4) is 0 Å². The zero-order chi connectivity index (χ0) is 20.7. The van der Waals surface area contributed by atoms with Crippen LogP contribution in [0.5, 0.6) is 0 Å². The van der Waals surface area contributed by atoms with Crippen molar-refractivity contribution in [3.05, 3.63) is 0 Å². The summed E-state index contributed by atoms with van der Waals surface area (Å²) in [5.41, 5.74) is -0.916. The van der Waals surface area contributed by atoms with Crippen molar-refractivity contribution in [1.82, 2.24) is 0 Å². The monoisotopic (exact) mass is 398 g/mol. The van der Waals surface area contributed by atoms with Crippen LogP contribution in [0, 0.1) is 34.0 Å². The zero-order valence-electron chi connectivity index (χ0n) is 18.6. The fourth-order valence-corrected chi connectivity index (χ4v) is 7.32. The molecule has 2 bridgehead atoms. The van der Waals surface area contributed by atoms with Crippen LogP contribution in [0.25, 0.3) is 0 Å². The number of ketones is 1. The second-order valence-corrected chi connectivity index (χ2v) is 10.2. The number of Topliss-reactive ketones (excluding diaryl/α,β-unsaturated/α-hetero) is 1. The molecule has 3 aliphatic rings. The third-order valence-electron chi connectivity index (χ3n) is 9.18. The van der Waals surface area contributed by atoms with Crippen LogP contribution in [-0.4, -0.2) is 45.7 Å². The molecule has 0 radical (unpaired) electrons. The van der Waals surface area contributed by atoms with Crippen molar-refractivity contribution < 1.29 is 23.4 Å². The van der Waals surface area contributed by atoms with Crippen molar-refractivity contribution in [2.45, 2.75) is 78.4 Å². The molecule has 3 fully saturated rings. The maximum atomic E-state index is 13.8. The first kappa shape index (κ1) is 22.2. The molecule has 0 saturated heterocycles. The number of hydrogen-bond acceptors (Lipinski definition) is 4. The molecule has 4 unspecified atom stereocenters. The molecular weight excluding hydrogens is 359 g/mol. The van der Waals surface area contributed by atoms with Crippen LogP contribution in [0.2, 0.25) is 0 Å². The zero-order valence-corrected chi connectivity index (χ0v) is 18.6. The smallest absolute Gasteiger partial charge is 0.146 e. The van der Waals surface area contributed by atoms with E-state index in [4.69, 9.17) is 14.2 Å². The molecule has 0 aromatic carbocycles. The minimum atomic E-state index is -0.700. The minimum Gasteiger partial charge on any atom is -0.381 e. The number of carbonyl (C=O) groups is 1. The Morgan fingerprint density at radius 1 is 1.14 bits per heavy atom. The van der Waals surface area contributed by atoms with Gasteiger partial charge in [-0.3, -0.25) is 9.18 Å². The van der Waals surface area contributed by atoms with Crippen LogP contribution in [-0.2, 0) is 19.0 Å². The number of methoxy groups -OCH3 is 2. The molecule has 0 amide bonds. The Kier molecular flexibility index (Phi) is 6.30. The Morgan fingerprint density at radius 2 is 1.82 bits per heavy atom. The average Bonchev–Trinajstić information content (AvgIpc) is 3.07. The van der Waals surface area contributed by atoms with Gasteiger partial charge < -0.3 is 14.2 Å². The molecule has 28 heavy (non-hydrogen) atoms. The topological polar surface area (TPSA) is 44.8 Å². The highest BCUT2D eigenvalue weighted by Gasteiger charge is 2.68. The largest absolute Gasteiger partial charge is 0.381 e. The Labute approximate surface area is 169 Å².